The molecular weight excluding hydrogens is 265 g/mol. The zero-order chi connectivity index (χ0) is 11.3. The van der Waals surface area contributed by atoms with Crippen LogP contribution in [0.15, 0.2) is 22.7 Å². The molecular formula is C10H13BrFNO2. The molecule has 0 aliphatic rings. The molecule has 84 valence electrons. The topological polar surface area (TPSA) is 52.5 Å². The van der Waals surface area contributed by atoms with Crippen LogP contribution in [0, 0.1) is 5.82 Å². The molecule has 0 bridgehead atoms. The normalized spacial score (nSPS) is 12.8. The smallest absolute Gasteiger partial charge is 0.123 e. The van der Waals surface area contributed by atoms with Gasteiger partial charge in [0.2, 0.25) is 0 Å². The van der Waals surface area contributed by atoms with Crippen molar-refractivity contribution in [2.45, 2.75) is 12.6 Å². The summed E-state index contributed by atoms with van der Waals surface area (Å²) in [6.45, 7) is 0.437. The van der Waals surface area contributed by atoms with Crippen LogP contribution in [0.25, 0.3) is 0 Å². The molecule has 1 unspecified atom stereocenters. The average Bonchev–Trinajstić information content (AvgIpc) is 2.23. The second-order valence-electron chi connectivity index (χ2n) is 3.20. The summed E-state index contributed by atoms with van der Waals surface area (Å²) in [5, 5.41) is 20.5. The molecule has 0 fully saturated rings. The molecule has 1 atom stereocenters. The molecule has 1 aromatic rings. The summed E-state index contributed by atoms with van der Waals surface area (Å²) in [6, 6.07) is 4.42. The molecule has 0 spiro atoms. The lowest BCUT2D eigenvalue weighted by Gasteiger charge is -2.10. The van der Waals surface area contributed by atoms with Gasteiger partial charge >= 0.3 is 0 Å². The Morgan fingerprint density at radius 2 is 2.20 bits per heavy atom. The maximum absolute atomic E-state index is 12.9. The van der Waals surface area contributed by atoms with Gasteiger partial charge in [-0.05, 0) is 23.8 Å². The Morgan fingerprint density at radius 1 is 1.47 bits per heavy atom. The molecule has 0 saturated heterocycles. The number of aliphatic hydroxyl groups is 2. The van der Waals surface area contributed by atoms with E-state index in [4.69, 9.17) is 10.2 Å². The molecule has 15 heavy (non-hydrogen) atoms. The van der Waals surface area contributed by atoms with Crippen LogP contribution in [0.2, 0.25) is 0 Å². The lowest BCUT2D eigenvalue weighted by Crippen LogP contribution is -2.29. The minimum Gasteiger partial charge on any atom is -0.394 e. The fourth-order valence-corrected chi connectivity index (χ4v) is 1.50. The Hall–Kier alpha value is -0.490. The highest BCUT2D eigenvalue weighted by Gasteiger charge is 2.04. The van der Waals surface area contributed by atoms with Gasteiger partial charge in [0, 0.05) is 17.6 Å². The molecule has 3 nitrogen and oxygen atoms in total. The monoisotopic (exact) mass is 277 g/mol. The lowest BCUT2D eigenvalue weighted by molar-refractivity contribution is 0.0942. The maximum Gasteiger partial charge on any atom is 0.123 e. The van der Waals surface area contributed by atoms with Crippen molar-refractivity contribution in [1.82, 2.24) is 5.32 Å². The van der Waals surface area contributed by atoms with Crippen molar-refractivity contribution in [3.05, 3.63) is 34.1 Å². The first kappa shape index (κ1) is 12.6. The van der Waals surface area contributed by atoms with Gasteiger partial charge in [0.1, 0.15) is 5.82 Å². The van der Waals surface area contributed by atoms with Gasteiger partial charge in [0.25, 0.3) is 0 Å². The third-order valence-corrected chi connectivity index (χ3v) is 2.69. The molecule has 0 aliphatic carbocycles. The molecule has 0 heterocycles. The van der Waals surface area contributed by atoms with E-state index in [0.717, 1.165) is 10.0 Å². The molecule has 0 amide bonds. The second-order valence-corrected chi connectivity index (χ2v) is 4.06. The summed E-state index contributed by atoms with van der Waals surface area (Å²) >= 11 is 3.30. The summed E-state index contributed by atoms with van der Waals surface area (Å²) in [6.07, 6.45) is -0.780. The van der Waals surface area contributed by atoms with Crippen molar-refractivity contribution < 1.29 is 14.6 Å². The number of hydrogen-bond acceptors (Lipinski definition) is 3. The molecule has 1 rings (SSSR count). The van der Waals surface area contributed by atoms with Crippen LogP contribution in [0.3, 0.4) is 0 Å². The van der Waals surface area contributed by atoms with E-state index in [1.807, 2.05) is 0 Å². The quantitative estimate of drug-likeness (QED) is 0.754. The van der Waals surface area contributed by atoms with E-state index in [0.29, 0.717) is 6.54 Å². The van der Waals surface area contributed by atoms with Crippen molar-refractivity contribution in [3.63, 3.8) is 0 Å². The first-order chi connectivity index (χ1) is 7.13. The van der Waals surface area contributed by atoms with Crippen LogP contribution >= 0.6 is 15.9 Å². The first-order valence-corrected chi connectivity index (χ1v) is 5.36. The highest BCUT2D eigenvalue weighted by atomic mass is 79.9. The summed E-state index contributed by atoms with van der Waals surface area (Å²) < 4.78 is 13.7. The summed E-state index contributed by atoms with van der Waals surface area (Å²) in [7, 11) is 0. The standard InChI is InChI=1S/C10H13BrFNO2/c11-10-2-1-8(12)3-7(10)4-13-5-9(15)6-14/h1-3,9,13-15H,4-6H2. The number of aliphatic hydroxyl groups excluding tert-OH is 2. The highest BCUT2D eigenvalue weighted by Crippen LogP contribution is 2.17. The number of rotatable bonds is 5. The van der Waals surface area contributed by atoms with Crippen LogP contribution < -0.4 is 5.32 Å². The third-order valence-electron chi connectivity index (χ3n) is 1.91. The van der Waals surface area contributed by atoms with E-state index in [-0.39, 0.29) is 19.0 Å². The summed E-state index contributed by atoms with van der Waals surface area (Å²) in [5.74, 6) is -0.294. The van der Waals surface area contributed by atoms with Crippen LogP contribution in [0.4, 0.5) is 4.39 Å². The molecule has 0 aromatic heterocycles. The lowest BCUT2D eigenvalue weighted by atomic mass is 10.2. The van der Waals surface area contributed by atoms with E-state index in [1.54, 1.807) is 6.07 Å². The molecule has 0 radical (unpaired) electrons. The van der Waals surface area contributed by atoms with Crippen LogP contribution in [0.1, 0.15) is 5.56 Å². The Kier molecular flexibility index (Phi) is 5.17. The number of nitrogens with one attached hydrogen (secondary N) is 1. The summed E-state index contributed by atoms with van der Waals surface area (Å²) in [5.41, 5.74) is 0.778. The summed E-state index contributed by atoms with van der Waals surface area (Å²) in [4.78, 5) is 0. The largest absolute Gasteiger partial charge is 0.394 e. The number of halogens is 2. The Morgan fingerprint density at radius 3 is 2.87 bits per heavy atom. The predicted octanol–water partition coefficient (Wildman–Crippen LogP) is 1.03. The van der Waals surface area contributed by atoms with E-state index in [2.05, 4.69) is 21.2 Å². The van der Waals surface area contributed by atoms with Gasteiger partial charge in [-0.25, -0.2) is 4.39 Å². The fourth-order valence-electron chi connectivity index (χ4n) is 1.12. The van der Waals surface area contributed by atoms with Gasteiger partial charge in [-0.2, -0.15) is 0 Å². The predicted molar refractivity (Wildman–Crippen MR) is 58.9 cm³/mol. The minimum atomic E-state index is -0.780. The van der Waals surface area contributed by atoms with Crippen LogP contribution in [-0.2, 0) is 6.54 Å². The maximum atomic E-state index is 12.9. The van der Waals surface area contributed by atoms with Gasteiger partial charge in [-0.3, -0.25) is 0 Å². The highest BCUT2D eigenvalue weighted by molar-refractivity contribution is 9.10. The third kappa shape index (κ3) is 4.25. The van der Waals surface area contributed by atoms with Crippen molar-refractivity contribution in [2.75, 3.05) is 13.2 Å². The van der Waals surface area contributed by atoms with Crippen molar-refractivity contribution in [3.8, 4) is 0 Å². The number of benzene rings is 1. The fraction of sp³-hybridized carbons (Fsp3) is 0.400. The van der Waals surface area contributed by atoms with Crippen molar-refractivity contribution in [1.29, 1.82) is 0 Å². The molecule has 0 aliphatic heterocycles. The zero-order valence-electron chi connectivity index (χ0n) is 8.08. The van der Waals surface area contributed by atoms with Gasteiger partial charge in [0.05, 0.1) is 12.7 Å². The Balaban J connectivity index is 2.46. The van der Waals surface area contributed by atoms with E-state index in [9.17, 15) is 4.39 Å². The molecule has 3 N–H and O–H groups in total. The van der Waals surface area contributed by atoms with E-state index >= 15 is 0 Å². The van der Waals surface area contributed by atoms with Gasteiger partial charge in [0.15, 0.2) is 0 Å². The SMILES string of the molecule is OCC(O)CNCc1cc(F)ccc1Br. The zero-order valence-corrected chi connectivity index (χ0v) is 9.67. The molecule has 5 heteroatoms. The Bertz CT molecular complexity index is 322. The van der Waals surface area contributed by atoms with Gasteiger partial charge in [-0.15, -0.1) is 0 Å². The average molecular weight is 278 g/mol. The van der Waals surface area contributed by atoms with Crippen LogP contribution in [0.5, 0.6) is 0 Å². The molecule has 0 saturated carbocycles. The molecule has 1 aromatic carbocycles. The van der Waals surface area contributed by atoms with Crippen molar-refractivity contribution in [2.24, 2.45) is 0 Å². The Labute approximate surface area is 96.1 Å². The minimum absolute atomic E-state index is 0.277. The van der Waals surface area contributed by atoms with E-state index < -0.39 is 6.10 Å². The van der Waals surface area contributed by atoms with Crippen molar-refractivity contribution >= 4 is 15.9 Å². The first-order valence-electron chi connectivity index (χ1n) is 4.57. The second kappa shape index (κ2) is 6.17. The van der Waals surface area contributed by atoms with Gasteiger partial charge in [-0.1, -0.05) is 15.9 Å². The van der Waals surface area contributed by atoms with Gasteiger partial charge < -0.3 is 15.5 Å². The van der Waals surface area contributed by atoms with Crippen LogP contribution in [-0.4, -0.2) is 29.5 Å². The number of hydrogen-bond donors (Lipinski definition) is 3. The van der Waals surface area contributed by atoms with E-state index in [1.165, 1.54) is 12.1 Å².